The lowest BCUT2D eigenvalue weighted by Crippen LogP contribution is -2.30. The summed E-state index contributed by atoms with van der Waals surface area (Å²) in [4.78, 5) is 41.3. The molecule has 4 aromatic rings. The Bertz CT molecular complexity index is 2150. The third-order valence-electron chi connectivity index (χ3n) is 9.30. The summed E-state index contributed by atoms with van der Waals surface area (Å²) in [5.41, 5.74) is 4.15. The maximum absolute atomic E-state index is 13.0. The highest BCUT2D eigenvalue weighted by Gasteiger charge is 2.24. The molecule has 0 aliphatic carbocycles. The fourth-order valence-corrected chi connectivity index (χ4v) is 5.93. The molecule has 0 aliphatic heterocycles. The Balaban J connectivity index is 1.37. The lowest BCUT2D eigenvalue weighted by atomic mass is 9.78. The van der Waals surface area contributed by atoms with Gasteiger partial charge in [0.25, 0.3) is 0 Å². The molecule has 292 valence electrons. The van der Waals surface area contributed by atoms with Crippen molar-refractivity contribution in [2.75, 3.05) is 49.2 Å². The molecule has 0 radical (unpaired) electrons. The van der Waals surface area contributed by atoms with Crippen LogP contribution in [-0.4, -0.2) is 62.4 Å². The summed E-state index contributed by atoms with van der Waals surface area (Å²) in [6.07, 6.45) is 4.02. The Hall–Kier alpha value is -6.95. The molecule has 0 fully saturated rings. The number of nitriles is 2. The first-order chi connectivity index (χ1) is 27.4. The van der Waals surface area contributed by atoms with E-state index in [0.29, 0.717) is 30.0 Å². The van der Waals surface area contributed by atoms with Crippen LogP contribution in [0.25, 0.3) is 12.2 Å². The molecule has 0 aliphatic rings. The lowest BCUT2D eigenvalue weighted by molar-refractivity contribution is -0.137. The molecule has 0 saturated carbocycles. The van der Waals surface area contributed by atoms with E-state index in [1.807, 2.05) is 79.4 Å². The fourth-order valence-electron chi connectivity index (χ4n) is 5.93. The van der Waals surface area contributed by atoms with Crippen LogP contribution in [0.15, 0.2) is 121 Å². The van der Waals surface area contributed by atoms with E-state index in [0.717, 1.165) is 41.7 Å². The van der Waals surface area contributed by atoms with Crippen molar-refractivity contribution in [1.29, 1.82) is 10.5 Å². The number of aliphatic hydroxyl groups is 1. The molecule has 57 heavy (non-hydrogen) atoms. The average Bonchev–Trinajstić information content (AvgIpc) is 3.23. The normalized spacial score (nSPS) is 11.4. The van der Waals surface area contributed by atoms with Crippen molar-refractivity contribution in [1.82, 2.24) is 0 Å². The third kappa shape index (κ3) is 11.8. The Morgan fingerprint density at radius 3 is 1.47 bits per heavy atom. The predicted molar refractivity (Wildman–Crippen MR) is 220 cm³/mol. The Morgan fingerprint density at radius 1 is 0.684 bits per heavy atom. The summed E-state index contributed by atoms with van der Waals surface area (Å²) in [5, 5.41) is 28.9. The number of benzene rings is 4. The number of carbonyl (C=O) groups is 3. The van der Waals surface area contributed by atoms with E-state index < -0.39 is 23.3 Å². The van der Waals surface area contributed by atoms with Gasteiger partial charge in [-0.2, -0.15) is 10.5 Å². The second kappa shape index (κ2) is 20.7. The molecule has 0 amide bonds. The first kappa shape index (κ1) is 42.8. The highest BCUT2D eigenvalue weighted by Crippen LogP contribution is 2.34. The summed E-state index contributed by atoms with van der Waals surface area (Å²) in [7, 11) is 0. The van der Waals surface area contributed by atoms with E-state index in [9.17, 15) is 30.0 Å². The molecule has 4 rings (SSSR count). The van der Waals surface area contributed by atoms with Gasteiger partial charge in [-0.25, -0.2) is 14.4 Å². The maximum atomic E-state index is 13.0. The molecule has 0 spiro atoms. The smallest absolute Gasteiger partial charge is 0.354 e. The minimum atomic E-state index is -0.813. The lowest BCUT2D eigenvalue weighted by Gasteiger charge is -2.26. The number of aliphatic hydroxyl groups excluding tert-OH is 1. The van der Waals surface area contributed by atoms with Gasteiger partial charge in [-0.3, -0.25) is 0 Å². The topological polar surface area (TPSA) is 153 Å². The second-order valence-corrected chi connectivity index (χ2v) is 13.2. The van der Waals surface area contributed by atoms with Gasteiger partial charge in [-0.1, -0.05) is 69.0 Å². The van der Waals surface area contributed by atoms with Gasteiger partial charge in [0.1, 0.15) is 41.4 Å². The predicted octanol–water partition coefficient (Wildman–Crippen LogP) is 7.41. The molecule has 0 heterocycles. The first-order valence-electron chi connectivity index (χ1n) is 18.4. The Kier molecular flexibility index (Phi) is 15.5. The van der Waals surface area contributed by atoms with Crippen molar-refractivity contribution < 1.29 is 33.7 Å². The molecule has 11 heteroatoms. The van der Waals surface area contributed by atoms with E-state index in [2.05, 4.69) is 25.3 Å². The zero-order valence-corrected chi connectivity index (χ0v) is 32.6. The molecule has 0 aromatic heterocycles. The van der Waals surface area contributed by atoms with Crippen LogP contribution in [0.2, 0.25) is 0 Å². The van der Waals surface area contributed by atoms with E-state index >= 15 is 0 Å². The van der Waals surface area contributed by atoms with Crippen LogP contribution < -0.4 is 19.3 Å². The number of anilines is 2. The van der Waals surface area contributed by atoms with Crippen molar-refractivity contribution in [2.45, 2.75) is 33.1 Å². The van der Waals surface area contributed by atoms with Gasteiger partial charge >= 0.3 is 17.9 Å². The minimum absolute atomic E-state index is 0.107. The molecule has 0 bridgehead atoms. The summed E-state index contributed by atoms with van der Waals surface area (Å²) in [6.45, 7) is 14.0. The van der Waals surface area contributed by atoms with Crippen molar-refractivity contribution in [3.63, 3.8) is 0 Å². The van der Waals surface area contributed by atoms with Gasteiger partial charge in [0, 0.05) is 42.5 Å². The summed E-state index contributed by atoms with van der Waals surface area (Å²) < 4.78 is 16.1. The molecule has 1 N–H and O–H groups in total. The number of carbonyl (C=O) groups excluding carboxylic acids is 3. The van der Waals surface area contributed by atoms with Crippen molar-refractivity contribution >= 4 is 41.4 Å². The molecule has 11 nitrogen and oxygen atoms in total. The third-order valence-corrected chi connectivity index (χ3v) is 9.30. The molecule has 0 saturated heterocycles. The number of esters is 3. The molecule has 0 unspecified atom stereocenters. The Morgan fingerprint density at radius 2 is 1.11 bits per heavy atom. The SMILES string of the molecule is C=CC(=O)OCCN(CCO)c1ccc(/C=C(\C#N)C(=O)Oc2ccc(C(C)(C)c3ccc(OC(=O)/C(C#N)=C/c4ccc(N(CC)CC)cc4)cc3)cc2)cc1. The van der Waals surface area contributed by atoms with Crippen LogP contribution in [0.5, 0.6) is 11.5 Å². The van der Waals surface area contributed by atoms with Crippen LogP contribution in [0.3, 0.4) is 0 Å². The van der Waals surface area contributed by atoms with E-state index in [4.69, 9.17) is 14.2 Å². The van der Waals surface area contributed by atoms with Crippen LogP contribution in [0.1, 0.15) is 49.9 Å². The van der Waals surface area contributed by atoms with E-state index in [-0.39, 0.29) is 30.1 Å². The highest BCUT2D eigenvalue weighted by atomic mass is 16.5. The van der Waals surface area contributed by atoms with E-state index in [1.54, 1.807) is 48.5 Å². The summed E-state index contributed by atoms with van der Waals surface area (Å²) in [5.74, 6) is -1.54. The zero-order valence-electron chi connectivity index (χ0n) is 32.6. The Labute approximate surface area is 333 Å². The average molecular weight is 767 g/mol. The molecule has 4 aromatic carbocycles. The minimum Gasteiger partial charge on any atom is -0.461 e. The standard InChI is InChI=1S/C46H46N4O7/c1-6-43(52)55-28-26-50(25-27-51)40-19-11-34(12-20-40)30-36(32-48)45(54)57-42-23-15-38(16-24-42)46(4,5)37-13-21-41(22-14-37)56-44(53)35(31-47)29-33-9-17-39(18-10-33)49(7-2)8-3/h6,9-24,29-30,51H,1,7-8,25-28H2,2-5H3/b35-29+,36-30+. The maximum Gasteiger partial charge on any atom is 0.354 e. The molecular weight excluding hydrogens is 721 g/mol. The number of nitrogens with zero attached hydrogens (tertiary/aromatic N) is 4. The van der Waals surface area contributed by atoms with E-state index in [1.165, 1.54) is 12.2 Å². The number of ether oxygens (including phenoxy) is 3. The van der Waals surface area contributed by atoms with Gasteiger partial charge in [-0.05, 0) is 96.8 Å². The van der Waals surface area contributed by atoms with Crippen LogP contribution >= 0.6 is 0 Å². The van der Waals surface area contributed by atoms with Gasteiger partial charge in [0.05, 0.1) is 13.2 Å². The number of hydrogen-bond acceptors (Lipinski definition) is 11. The van der Waals surface area contributed by atoms with Crippen molar-refractivity contribution in [3.05, 3.63) is 143 Å². The number of hydrogen-bond donors (Lipinski definition) is 1. The number of rotatable bonds is 18. The van der Waals surface area contributed by atoms with Gasteiger partial charge in [0.2, 0.25) is 0 Å². The monoisotopic (exact) mass is 766 g/mol. The van der Waals surface area contributed by atoms with Gasteiger partial charge in [0.15, 0.2) is 0 Å². The van der Waals surface area contributed by atoms with Crippen LogP contribution in [0.4, 0.5) is 11.4 Å². The molecule has 0 atom stereocenters. The summed E-state index contributed by atoms with van der Waals surface area (Å²) >= 11 is 0. The molecular formula is C46H46N4O7. The second-order valence-electron chi connectivity index (χ2n) is 13.2. The van der Waals surface area contributed by atoms with Crippen LogP contribution in [-0.2, 0) is 24.5 Å². The fraction of sp³-hybridized carbons (Fsp3) is 0.239. The summed E-state index contributed by atoms with van der Waals surface area (Å²) in [6, 6.07) is 32.5. The highest BCUT2D eigenvalue weighted by molar-refractivity contribution is 5.99. The van der Waals surface area contributed by atoms with Crippen LogP contribution in [0, 0.1) is 22.7 Å². The quantitative estimate of drug-likeness (QED) is 0.0466. The van der Waals surface area contributed by atoms with Gasteiger partial charge in [-0.15, -0.1) is 0 Å². The largest absolute Gasteiger partial charge is 0.461 e. The van der Waals surface area contributed by atoms with Crippen molar-refractivity contribution in [2.24, 2.45) is 0 Å². The zero-order chi connectivity index (χ0) is 41.4. The first-order valence-corrected chi connectivity index (χ1v) is 18.4. The van der Waals surface area contributed by atoms with Crippen molar-refractivity contribution in [3.8, 4) is 23.6 Å². The van der Waals surface area contributed by atoms with Gasteiger partial charge < -0.3 is 29.1 Å².